The summed E-state index contributed by atoms with van der Waals surface area (Å²) < 4.78 is 10.1. The highest BCUT2D eigenvalue weighted by Crippen LogP contribution is 2.19. The number of esters is 1. The van der Waals surface area contributed by atoms with Crippen LogP contribution in [0.5, 0.6) is 0 Å². The van der Waals surface area contributed by atoms with Crippen LogP contribution in [0, 0.1) is 5.92 Å². The summed E-state index contributed by atoms with van der Waals surface area (Å²) in [6, 6.07) is 0.336. The molecule has 1 heterocycles. The third kappa shape index (κ3) is 4.19. The van der Waals surface area contributed by atoms with Crippen LogP contribution in [0.1, 0.15) is 19.8 Å². The van der Waals surface area contributed by atoms with E-state index in [1.807, 2.05) is 6.92 Å². The Balaban J connectivity index is 2.46. The lowest BCUT2D eigenvalue weighted by molar-refractivity contribution is -0.139. The minimum Gasteiger partial charge on any atom is -0.468 e. The molecule has 1 aliphatic heterocycles. The van der Waals surface area contributed by atoms with Crippen molar-refractivity contribution in [2.24, 2.45) is 5.92 Å². The number of thiocarbonyl (C=S) groups is 1. The second-order valence-electron chi connectivity index (χ2n) is 4.49. The molecular formula is C12H22N2O3S. The molecule has 0 saturated carbocycles. The summed E-state index contributed by atoms with van der Waals surface area (Å²) in [4.78, 5) is 11.7. The summed E-state index contributed by atoms with van der Waals surface area (Å²) in [5.41, 5.74) is 0. The van der Waals surface area contributed by atoms with E-state index in [4.69, 9.17) is 17.0 Å². The molecule has 0 amide bonds. The highest BCUT2D eigenvalue weighted by molar-refractivity contribution is 7.80. The number of methoxy groups -OCH3 is 2. The first kappa shape index (κ1) is 15.3. The van der Waals surface area contributed by atoms with Crippen molar-refractivity contribution in [3.63, 3.8) is 0 Å². The normalized spacial score (nSPS) is 22.3. The van der Waals surface area contributed by atoms with Crippen molar-refractivity contribution >= 4 is 23.2 Å². The Hall–Kier alpha value is -0.720. The lowest BCUT2D eigenvalue weighted by atomic mass is 9.96. The van der Waals surface area contributed by atoms with E-state index in [1.54, 1.807) is 7.11 Å². The van der Waals surface area contributed by atoms with Gasteiger partial charge in [0.1, 0.15) is 6.54 Å². The summed E-state index contributed by atoms with van der Waals surface area (Å²) in [5.74, 6) is -0.261. The Bertz CT molecular complexity index is 293. The van der Waals surface area contributed by atoms with Crippen LogP contribution in [-0.2, 0) is 14.3 Å². The average Bonchev–Trinajstić information content (AvgIpc) is 2.89. The number of nitrogens with one attached hydrogen (secondary N) is 2. The fourth-order valence-electron chi connectivity index (χ4n) is 2.25. The van der Waals surface area contributed by atoms with Gasteiger partial charge in [-0.1, -0.05) is 19.1 Å². The number of hydrogen-bond donors (Lipinski definition) is 2. The Morgan fingerprint density at radius 3 is 2.78 bits per heavy atom. The fraction of sp³-hybridized carbons (Fsp3) is 0.833. The second kappa shape index (κ2) is 7.66. The van der Waals surface area contributed by atoms with E-state index >= 15 is 0 Å². The number of rotatable bonds is 6. The molecule has 1 fully saturated rings. The average molecular weight is 274 g/mol. The second-order valence-corrected chi connectivity index (χ2v) is 4.93. The topological polar surface area (TPSA) is 59.6 Å². The Labute approximate surface area is 114 Å². The molecule has 3 atom stereocenters. The zero-order valence-electron chi connectivity index (χ0n) is 11.2. The molecule has 0 spiro atoms. The van der Waals surface area contributed by atoms with Gasteiger partial charge in [-0.05, 0) is 19.4 Å². The fourth-order valence-corrected chi connectivity index (χ4v) is 2.46. The largest absolute Gasteiger partial charge is 0.468 e. The summed E-state index contributed by atoms with van der Waals surface area (Å²) in [7, 11) is 3.06. The van der Waals surface area contributed by atoms with Crippen molar-refractivity contribution in [1.29, 1.82) is 0 Å². The Morgan fingerprint density at radius 2 is 2.28 bits per heavy atom. The summed E-state index contributed by atoms with van der Waals surface area (Å²) in [6.07, 6.45) is 2.30. The first-order valence-electron chi connectivity index (χ1n) is 6.20. The molecule has 0 aromatic heterocycles. The van der Waals surface area contributed by atoms with Gasteiger partial charge in [-0.25, -0.2) is 0 Å². The van der Waals surface area contributed by atoms with E-state index in [-0.39, 0.29) is 24.5 Å². The van der Waals surface area contributed by atoms with Gasteiger partial charge in [0.15, 0.2) is 0 Å². The molecule has 2 N–H and O–H groups in total. The molecule has 5 nitrogen and oxygen atoms in total. The molecule has 0 aromatic rings. The molecule has 6 heteroatoms. The predicted octanol–water partition coefficient (Wildman–Crippen LogP) is 0.479. The smallest absolute Gasteiger partial charge is 0.325 e. The molecule has 0 aromatic carbocycles. The van der Waals surface area contributed by atoms with Crippen LogP contribution in [-0.4, -0.2) is 50.4 Å². The van der Waals surface area contributed by atoms with Gasteiger partial charge in [0.2, 0.25) is 0 Å². The molecule has 1 saturated heterocycles. The molecule has 18 heavy (non-hydrogen) atoms. The maximum absolute atomic E-state index is 11.0. The van der Waals surface area contributed by atoms with Crippen molar-refractivity contribution in [2.45, 2.75) is 31.9 Å². The van der Waals surface area contributed by atoms with Crippen LogP contribution < -0.4 is 10.6 Å². The first-order valence-corrected chi connectivity index (χ1v) is 6.61. The van der Waals surface area contributed by atoms with Crippen LogP contribution >= 0.6 is 12.2 Å². The van der Waals surface area contributed by atoms with E-state index in [2.05, 4.69) is 15.4 Å². The van der Waals surface area contributed by atoms with E-state index in [0.717, 1.165) is 13.0 Å². The van der Waals surface area contributed by atoms with Gasteiger partial charge in [0, 0.05) is 19.1 Å². The van der Waals surface area contributed by atoms with Gasteiger partial charge in [0.25, 0.3) is 0 Å². The SMILES string of the molecule is COC(=O)CNC(=S)C(C)C(OC)C1CCCN1. The van der Waals surface area contributed by atoms with Gasteiger partial charge in [-0.15, -0.1) is 0 Å². The maximum Gasteiger partial charge on any atom is 0.325 e. The Morgan fingerprint density at radius 1 is 1.56 bits per heavy atom. The van der Waals surface area contributed by atoms with Crippen molar-refractivity contribution in [3.05, 3.63) is 0 Å². The van der Waals surface area contributed by atoms with Crippen molar-refractivity contribution < 1.29 is 14.3 Å². The molecule has 0 aliphatic carbocycles. The van der Waals surface area contributed by atoms with Gasteiger partial charge >= 0.3 is 5.97 Å². The van der Waals surface area contributed by atoms with Crippen LogP contribution in [0.3, 0.4) is 0 Å². The highest BCUT2D eigenvalue weighted by Gasteiger charge is 2.31. The van der Waals surface area contributed by atoms with E-state index < -0.39 is 0 Å². The monoisotopic (exact) mass is 274 g/mol. The third-order valence-corrected chi connectivity index (χ3v) is 3.82. The van der Waals surface area contributed by atoms with Crippen LogP contribution in [0.15, 0.2) is 0 Å². The van der Waals surface area contributed by atoms with Crippen molar-refractivity contribution in [1.82, 2.24) is 10.6 Å². The maximum atomic E-state index is 11.0. The van der Waals surface area contributed by atoms with E-state index in [0.29, 0.717) is 11.0 Å². The standard InChI is InChI=1S/C12H22N2O3S/c1-8(12(18)14-7-10(15)16-2)11(17-3)9-5-4-6-13-9/h8-9,11,13H,4-7H2,1-3H3,(H,14,18). The van der Waals surface area contributed by atoms with Gasteiger partial charge < -0.3 is 20.1 Å². The molecule has 3 unspecified atom stereocenters. The number of hydrogen-bond acceptors (Lipinski definition) is 5. The molecular weight excluding hydrogens is 252 g/mol. The van der Waals surface area contributed by atoms with Gasteiger partial charge in [-0.2, -0.15) is 0 Å². The molecule has 0 radical (unpaired) electrons. The number of ether oxygens (including phenoxy) is 2. The van der Waals surface area contributed by atoms with E-state index in [1.165, 1.54) is 13.5 Å². The minimum atomic E-state index is -0.322. The van der Waals surface area contributed by atoms with Crippen LogP contribution in [0.25, 0.3) is 0 Å². The zero-order chi connectivity index (χ0) is 13.5. The quantitative estimate of drug-likeness (QED) is 0.543. The third-order valence-electron chi connectivity index (χ3n) is 3.31. The van der Waals surface area contributed by atoms with Gasteiger partial charge in [0.05, 0.1) is 18.2 Å². The van der Waals surface area contributed by atoms with Crippen LogP contribution in [0.2, 0.25) is 0 Å². The lowest BCUT2D eigenvalue weighted by Crippen LogP contribution is -2.46. The lowest BCUT2D eigenvalue weighted by Gasteiger charge is -2.29. The molecule has 0 bridgehead atoms. The summed E-state index contributed by atoms with van der Waals surface area (Å²) in [6.45, 7) is 3.15. The highest BCUT2D eigenvalue weighted by atomic mass is 32.1. The number of carbonyl (C=O) groups excluding carboxylic acids is 1. The first-order chi connectivity index (χ1) is 8.60. The van der Waals surface area contributed by atoms with Crippen molar-refractivity contribution in [2.75, 3.05) is 27.3 Å². The Kier molecular flexibility index (Phi) is 6.52. The minimum absolute atomic E-state index is 0.0325. The van der Waals surface area contributed by atoms with Crippen LogP contribution in [0.4, 0.5) is 0 Å². The number of carbonyl (C=O) groups is 1. The molecule has 104 valence electrons. The predicted molar refractivity (Wildman–Crippen MR) is 73.6 cm³/mol. The zero-order valence-corrected chi connectivity index (χ0v) is 12.0. The van der Waals surface area contributed by atoms with Gasteiger partial charge in [-0.3, -0.25) is 4.79 Å². The van der Waals surface area contributed by atoms with Crippen molar-refractivity contribution in [3.8, 4) is 0 Å². The molecule has 1 aliphatic rings. The summed E-state index contributed by atoms with van der Waals surface area (Å²) in [5, 5.41) is 6.34. The summed E-state index contributed by atoms with van der Waals surface area (Å²) >= 11 is 5.29. The molecule has 1 rings (SSSR count). The van der Waals surface area contributed by atoms with E-state index in [9.17, 15) is 4.79 Å².